The molecule has 0 spiro atoms. The Kier molecular flexibility index (Phi) is 5.02. The Morgan fingerprint density at radius 3 is 2.82 bits per heavy atom. The Labute approximate surface area is 134 Å². The highest BCUT2D eigenvalue weighted by molar-refractivity contribution is 7.98. The van der Waals surface area contributed by atoms with E-state index in [1.165, 1.54) is 19.5 Å². The van der Waals surface area contributed by atoms with E-state index >= 15 is 0 Å². The smallest absolute Gasteiger partial charge is 0.287 e. The SMILES string of the molecule is COc1cncc(Cl)c1CSc1nc(C(C)(F)F)cc(=O)[nH]1. The quantitative estimate of drug-likeness (QED) is 0.664. The molecule has 0 saturated carbocycles. The molecule has 22 heavy (non-hydrogen) atoms. The molecule has 0 aromatic carbocycles. The first kappa shape index (κ1) is 16.7. The van der Waals surface area contributed by atoms with Gasteiger partial charge in [0.15, 0.2) is 5.16 Å². The van der Waals surface area contributed by atoms with E-state index in [0.29, 0.717) is 23.3 Å². The Bertz CT molecular complexity index is 734. The molecule has 0 aliphatic carbocycles. The lowest BCUT2D eigenvalue weighted by atomic mass is 10.3. The molecule has 1 N–H and O–H groups in total. The number of alkyl halides is 2. The van der Waals surface area contributed by atoms with Gasteiger partial charge in [-0.2, -0.15) is 8.78 Å². The third-order valence-corrected chi connectivity index (χ3v) is 3.93. The molecule has 0 amide bonds. The van der Waals surface area contributed by atoms with Crippen LogP contribution in [0.1, 0.15) is 18.2 Å². The maximum absolute atomic E-state index is 13.3. The van der Waals surface area contributed by atoms with Crippen LogP contribution < -0.4 is 10.3 Å². The first-order chi connectivity index (χ1) is 10.3. The van der Waals surface area contributed by atoms with Crippen molar-refractivity contribution in [2.24, 2.45) is 0 Å². The van der Waals surface area contributed by atoms with Gasteiger partial charge in [-0.3, -0.25) is 9.78 Å². The number of aromatic amines is 1. The van der Waals surface area contributed by atoms with Gasteiger partial charge < -0.3 is 9.72 Å². The van der Waals surface area contributed by atoms with Gasteiger partial charge in [0.2, 0.25) is 0 Å². The maximum Gasteiger partial charge on any atom is 0.287 e. The molecule has 0 radical (unpaired) electrons. The van der Waals surface area contributed by atoms with E-state index in [-0.39, 0.29) is 10.9 Å². The van der Waals surface area contributed by atoms with Crippen LogP contribution in [0.2, 0.25) is 5.02 Å². The van der Waals surface area contributed by atoms with Gasteiger partial charge >= 0.3 is 0 Å². The fraction of sp³-hybridized carbons (Fsp3) is 0.308. The summed E-state index contributed by atoms with van der Waals surface area (Å²) >= 11 is 7.11. The van der Waals surface area contributed by atoms with Crippen LogP contribution in [0.5, 0.6) is 5.75 Å². The summed E-state index contributed by atoms with van der Waals surface area (Å²) in [5.41, 5.74) is -0.575. The zero-order chi connectivity index (χ0) is 16.3. The molecule has 0 unspecified atom stereocenters. The molecule has 118 valence electrons. The topological polar surface area (TPSA) is 67.9 Å². The summed E-state index contributed by atoms with van der Waals surface area (Å²) in [6.45, 7) is 0.686. The van der Waals surface area contributed by atoms with Crippen molar-refractivity contribution in [2.45, 2.75) is 23.8 Å². The minimum absolute atomic E-state index is 0.0824. The molecule has 0 atom stereocenters. The fourth-order valence-corrected chi connectivity index (χ4v) is 2.84. The predicted molar refractivity (Wildman–Crippen MR) is 79.8 cm³/mol. The van der Waals surface area contributed by atoms with E-state index in [1.807, 2.05) is 0 Å². The van der Waals surface area contributed by atoms with Gasteiger partial charge in [-0.15, -0.1) is 0 Å². The van der Waals surface area contributed by atoms with Gasteiger partial charge in [-0.1, -0.05) is 23.4 Å². The number of thioether (sulfide) groups is 1. The Morgan fingerprint density at radius 1 is 1.45 bits per heavy atom. The summed E-state index contributed by atoms with van der Waals surface area (Å²) < 4.78 is 31.7. The normalized spacial score (nSPS) is 11.5. The second-order valence-corrected chi connectivity index (χ2v) is 5.79. The van der Waals surface area contributed by atoms with Crippen molar-refractivity contribution in [1.82, 2.24) is 15.0 Å². The highest BCUT2D eigenvalue weighted by Gasteiger charge is 2.27. The molecular weight excluding hydrogens is 336 g/mol. The summed E-state index contributed by atoms with van der Waals surface area (Å²) in [6.07, 6.45) is 2.95. The van der Waals surface area contributed by atoms with Crippen LogP contribution in [0.3, 0.4) is 0 Å². The van der Waals surface area contributed by atoms with Crippen molar-refractivity contribution in [1.29, 1.82) is 0 Å². The third kappa shape index (κ3) is 3.95. The minimum atomic E-state index is -3.18. The van der Waals surface area contributed by atoms with E-state index < -0.39 is 17.2 Å². The molecule has 0 saturated heterocycles. The lowest BCUT2D eigenvalue weighted by Crippen LogP contribution is -2.17. The maximum atomic E-state index is 13.3. The summed E-state index contributed by atoms with van der Waals surface area (Å²) in [6, 6.07) is 0.782. The Morgan fingerprint density at radius 2 is 2.18 bits per heavy atom. The minimum Gasteiger partial charge on any atom is -0.495 e. The molecule has 0 aliphatic heterocycles. The van der Waals surface area contributed by atoms with Gasteiger partial charge in [0.1, 0.15) is 11.4 Å². The van der Waals surface area contributed by atoms with E-state index in [2.05, 4.69) is 15.0 Å². The molecule has 2 rings (SSSR count). The van der Waals surface area contributed by atoms with E-state index in [0.717, 1.165) is 17.8 Å². The molecule has 5 nitrogen and oxygen atoms in total. The number of H-pyrrole nitrogens is 1. The third-order valence-electron chi connectivity index (χ3n) is 2.71. The van der Waals surface area contributed by atoms with Gasteiger partial charge in [0, 0.05) is 30.5 Å². The summed E-state index contributed by atoms with van der Waals surface area (Å²) in [4.78, 5) is 21.5. The van der Waals surface area contributed by atoms with Crippen molar-refractivity contribution in [2.75, 3.05) is 7.11 Å². The largest absolute Gasteiger partial charge is 0.495 e. The van der Waals surface area contributed by atoms with Crippen LogP contribution >= 0.6 is 23.4 Å². The second kappa shape index (κ2) is 6.62. The second-order valence-electron chi connectivity index (χ2n) is 4.41. The van der Waals surface area contributed by atoms with Crippen molar-refractivity contribution in [3.05, 3.63) is 45.1 Å². The van der Waals surface area contributed by atoms with Crippen LogP contribution in [0.25, 0.3) is 0 Å². The van der Waals surface area contributed by atoms with Crippen LogP contribution in [-0.2, 0) is 11.7 Å². The van der Waals surface area contributed by atoms with Gasteiger partial charge in [-0.05, 0) is 0 Å². The molecule has 0 bridgehead atoms. The number of pyridine rings is 1. The summed E-state index contributed by atoms with van der Waals surface area (Å²) in [5, 5.41) is 0.463. The Hall–Kier alpha value is -1.67. The number of hydrogen-bond acceptors (Lipinski definition) is 5. The number of aromatic nitrogens is 3. The number of methoxy groups -OCH3 is 1. The first-order valence-electron chi connectivity index (χ1n) is 6.10. The van der Waals surface area contributed by atoms with E-state index in [4.69, 9.17) is 16.3 Å². The van der Waals surface area contributed by atoms with Crippen molar-refractivity contribution in [3.8, 4) is 5.75 Å². The zero-order valence-electron chi connectivity index (χ0n) is 11.7. The van der Waals surface area contributed by atoms with Gasteiger partial charge in [0.05, 0.1) is 18.3 Å². The molecular formula is C13H12ClF2N3O2S. The Balaban J connectivity index is 2.26. The fourth-order valence-electron chi connectivity index (χ4n) is 1.63. The van der Waals surface area contributed by atoms with Gasteiger partial charge in [-0.25, -0.2) is 4.98 Å². The van der Waals surface area contributed by atoms with Crippen LogP contribution in [0.15, 0.2) is 28.4 Å². The molecule has 2 aromatic heterocycles. The number of nitrogens with one attached hydrogen (secondary N) is 1. The zero-order valence-corrected chi connectivity index (χ0v) is 13.3. The monoisotopic (exact) mass is 347 g/mol. The molecule has 2 heterocycles. The number of nitrogens with zero attached hydrogens (tertiary/aromatic N) is 2. The summed E-state index contributed by atoms with van der Waals surface area (Å²) in [5.74, 6) is -2.43. The number of halogens is 3. The molecule has 0 aliphatic rings. The molecule has 9 heteroatoms. The average Bonchev–Trinajstić information content (AvgIpc) is 2.44. The van der Waals surface area contributed by atoms with Gasteiger partial charge in [0.25, 0.3) is 11.5 Å². The lowest BCUT2D eigenvalue weighted by molar-refractivity contribution is 0.0118. The highest BCUT2D eigenvalue weighted by atomic mass is 35.5. The average molecular weight is 348 g/mol. The van der Waals surface area contributed by atoms with E-state index in [1.54, 1.807) is 0 Å². The molecule has 0 fully saturated rings. The highest BCUT2D eigenvalue weighted by Crippen LogP contribution is 2.31. The van der Waals surface area contributed by atoms with Crippen LogP contribution in [0.4, 0.5) is 8.78 Å². The van der Waals surface area contributed by atoms with E-state index in [9.17, 15) is 13.6 Å². The standard InChI is InChI=1S/C13H12ClF2N3O2S/c1-13(15,16)10-3-11(20)19-12(18-10)22-6-7-8(14)4-17-5-9(7)21-2/h3-5H,6H2,1-2H3,(H,18,19,20). The predicted octanol–water partition coefficient (Wildman–Crippen LogP) is 3.23. The van der Waals surface area contributed by atoms with Crippen molar-refractivity contribution < 1.29 is 13.5 Å². The lowest BCUT2D eigenvalue weighted by Gasteiger charge is -2.11. The van der Waals surface area contributed by atoms with Crippen LogP contribution in [0, 0.1) is 0 Å². The van der Waals surface area contributed by atoms with Crippen molar-refractivity contribution >= 4 is 23.4 Å². The molecule has 2 aromatic rings. The number of ether oxygens (including phenoxy) is 1. The number of rotatable bonds is 5. The first-order valence-corrected chi connectivity index (χ1v) is 7.46. The van der Waals surface area contributed by atoms with Crippen molar-refractivity contribution in [3.63, 3.8) is 0 Å². The summed E-state index contributed by atoms with van der Waals surface area (Å²) in [7, 11) is 1.47. The van der Waals surface area contributed by atoms with Crippen LogP contribution in [-0.4, -0.2) is 22.1 Å². The number of hydrogen-bond donors (Lipinski definition) is 1.